The second kappa shape index (κ2) is 8.31. The van der Waals surface area contributed by atoms with E-state index < -0.39 is 0 Å². The standard InChI is InChI=1S/C30H41NO2/c1-29(23-9-3-2-4-10-23)26-15-16-30(33-29)24-11-5-7-20(18-24)17-22-13-14-25(32)19-21(22)8-6-12-27(30)28(26)31/h13-14,19-20,23-24,26-28,32H,2-5,7-11,15-18,31H2,1H3/t20-,24-,26-,27-,28+,29-,30-/m1/s1. The van der Waals surface area contributed by atoms with Crippen molar-refractivity contribution in [1.29, 1.82) is 0 Å². The summed E-state index contributed by atoms with van der Waals surface area (Å²) in [6, 6.07) is 6.02. The van der Waals surface area contributed by atoms with Gasteiger partial charge in [-0.3, -0.25) is 0 Å². The highest BCUT2D eigenvalue weighted by atomic mass is 16.5. The van der Waals surface area contributed by atoms with E-state index in [2.05, 4.69) is 24.8 Å². The first-order valence-corrected chi connectivity index (χ1v) is 13.7. The van der Waals surface area contributed by atoms with Crippen LogP contribution in [-0.2, 0) is 17.6 Å². The summed E-state index contributed by atoms with van der Waals surface area (Å²) in [4.78, 5) is 0. The number of benzene rings is 1. The lowest BCUT2D eigenvalue weighted by molar-refractivity contribution is -0.310. The molecule has 1 spiro atoms. The van der Waals surface area contributed by atoms with Crippen LogP contribution in [0.1, 0.15) is 88.7 Å². The Labute approximate surface area is 199 Å². The minimum Gasteiger partial charge on any atom is -0.508 e. The van der Waals surface area contributed by atoms with Gasteiger partial charge in [0.25, 0.3) is 0 Å². The molecule has 178 valence electrons. The molecule has 6 aliphatic rings. The molecule has 4 aliphatic carbocycles. The lowest BCUT2D eigenvalue weighted by atomic mass is 9.51. The van der Waals surface area contributed by atoms with Crippen molar-refractivity contribution < 1.29 is 9.84 Å². The Bertz CT molecular complexity index is 956. The van der Waals surface area contributed by atoms with E-state index in [9.17, 15) is 5.11 Å². The number of aromatic hydroxyl groups is 1. The highest BCUT2D eigenvalue weighted by Gasteiger charge is 2.65. The van der Waals surface area contributed by atoms with Gasteiger partial charge in [0.1, 0.15) is 5.75 Å². The topological polar surface area (TPSA) is 55.5 Å². The fraction of sp³-hybridized carbons (Fsp3) is 0.733. The van der Waals surface area contributed by atoms with Crippen LogP contribution in [-0.4, -0.2) is 22.4 Å². The van der Waals surface area contributed by atoms with Gasteiger partial charge in [0.05, 0.1) is 17.1 Å². The van der Waals surface area contributed by atoms with Gasteiger partial charge in [-0.2, -0.15) is 0 Å². The number of ether oxygens (including phenoxy) is 1. The Morgan fingerprint density at radius 2 is 1.82 bits per heavy atom. The van der Waals surface area contributed by atoms with Crippen molar-refractivity contribution in [1.82, 2.24) is 0 Å². The SMILES string of the molecule is C[C@]1(C2CCCCC2)O[C@@]23CC[C@@H]1[C@H](N)[C@H]2C#CCc1cc(O)ccc1C[C@H]1CCC[C@@H]3C1. The van der Waals surface area contributed by atoms with Crippen molar-refractivity contribution in [3.8, 4) is 17.6 Å². The summed E-state index contributed by atoms with van der Waals surface area (Å²) in [5.41, 5.74) is 9.48. The number of phenolic OH excluding ortho intramolecular Hbond substituents is 1. The minimum atomic E-state index is -0.176. The smallest absolute Gasteiger partial charge is 0.115 e. The molecule has 3 nitrogen and oxygen atoms in total. The van der Waals surface area contributed by atoms with Crippen molar-refractivity contribution in [3.05, 3.63) is 29.3 Å². The average Bonchev–Trinajstić information content (AvgIpc) is 2.84. The zero-order chi connectivity index (χ0) is 22.6. The molecule has 3 saturated carbocycles. The summed E-state index contributed by atoms with van der Waals surface area (Å²) in [6.45, 7) is 2.43. The predicted octanol–water partition coefficient (Wildman–Crippen LogP) is 5.76. The molecule has 3 N–H and O–H groups in total. The van der Waals surface area contributed by atoms with E-state index in [4.69, 9.17) is 10.5 Å². The van der Waals surface area contributed by atoms with Gasteiger partial charge in [-0.25, -0.2) is 0 Å². The van der Waals surface area contributed by atoms with Gasteiger partial charge in [-0.1, -0.05) is 50.0 Å². The number of rotatable bonds is 1. The molecule has 5 fully saturated rings. The first kappa shape index (κ1) is 22.0. The van der Waals surface area contributed by atoms with Crippen molar-refractivity contribution in [2.75, 3.05) is 0 Å². The molecular weight excluding hydrogens is 406 g/mol. The van der Waals surface area contributed by atoms with Gasteiger partial charge in [-0.05, 0) is 92.9 Å². The molecule has 4 bridgehead atoms. The fourth-order valence-electron chi connectivity index (χ4n) is 8.84. The molecule has 0 unspecified atom stereocenters. The predicted molar refractivity (Wildman–Crippen MR) is 132 cm³/mol. The highest BCUT2D eigenvalue weighted by molar-refractivity contribution is 5.38. The van der Waals surface area contributed by atoms with Gasteiger partial charge >= 0.3 is 0 Å². The van der Waals surface area contributed by atoms with Crippen molar-refractivity contribution in [3.63, 3.8) is 0 Å². The second-order valence-electron chi connectivity index (χ2n) is 12.2. The van der Waals surface area contributed by atoms with Crippen molar-refractivity contribution in [2.45, 2.75) is 108 Å². The third kappa shape index (κ3) is 3.55. The Morgan fingerprint density at radius 3 is 2.67 bits per heavy atom. The third-order valence-electron chi connectivity index (χ3n) is 10.5. The number of fused-ring (bicyclic) bond motifs is 5. The summed E-state index contributed by atoms with van der Waals surface area (Å²) < 4.78 is 7.51. The van der Waals surface area contributed by atoms with Crippen LogP contribution in [0.3, 0.4) is 0 Å². The van der Waals surface area contributed by atoms with Crippen molar-refractivity contribution >= 4 is 0 Å². The molecule has 3 heteroatoms. The van der Waals surface area contributed by atoms with Crippen LogP contribution in [0.15, 0.2) is 18.2 Å². The molecule has 2 saturated heterocycles. The fourth-order valence-corrected chi connectivity index (χ4v) is 8.84. The van der Waals surface area contributed by atoms with E-state index in [0.717, 1.165) is 12.8 Å². The van der Waals surface area contributed by atoms with Gasteiger partial charge in [0.15, 0.2) is 0 Å². The maximum atomic E-state index is 10.1. The third-order valence-corrected chi connectivity index (χ3v) is 10.5. The van der Waals surface area contributed by atoms with Crippen LogP contribution < -0.4 is 5.73 Å². The highest BCUT2D eigenvalue weighted by Crippen LogP contribution is 2.61. The molecule has 1 aromatic rings. The molecule has 1 aromatic carbocycles. The first-order valence-electron chi connectivity index (χ1n) is 13.7. The molecule has 0 amide bonds. The lowest BCUT2D eigenvalue weighted by Gasteiger charge is -2.66. The normalized spacial score (nSPS) is 42.9. The van der Waals surface area contributed by atoms with Gasteiger partial charge < -0.3 is 15.6 Å². The van der Waals surface area contributed by atoms with Crippen LogP contribution in [0.2, 0.25) is 0 Å². The number of phenols is 1. The van der Waals surface area contributed by atoms with E-state index in [1.807, 2.05) is 12.1 Å². The molecule has 2 aliphatic heterocycles. The zero-order valence-electron chi connectivity index (χ0n) is 20.3. The monoisotopic (exact) mass is 447 g/mol. The maximum absolute atomic E-state index is 10.1. The average molecular weight is 448 g/mol. The van der Waals surface area contributed by atoms with Crippen LogP contribution in [0.25, 0.3) is 0 Å². The van der Waals surface area contributed by atoms with E-state index in [1.54, 1.807) is 0 Å². The van der Waals surface area contributed by atoms with Crippen LogP contribution >= 0.6 is 0 Å². The molecular formula is C30H41NO2. The Balaban J connectivity index is 1.41. The zero-order valence-corrected chi connectivity index (χ0v) is 20.3. The lowest BCUT2D eigenvalue weighted by Crippen LogP contribution is -2.73. The largest absolute Gasteiger partial charge is 0.508 e. The van der Waals surface area contributed by atoms with Crippen LogP contribution in [0, 0.1) is 41.4 Å². The maximum Gasteiger partial charge on any atom is 0.115 e. The van der Waals surface area contributed by atoms with Gasteiger partial charge in [-0.15, -0.1) is 0 Å². The van der Waals surface area contributed by atoms with E-state index >= 15 is 0 Å². The second-order valence-corrected chi connectivity index (χ2v) is 12.2. The molecule has 2 heterocycles. The van der Waals surface area contributed by atoms with E-state index in [1.165, 1.54) is 75.3 Å². The van der Waals surface area contributed by atoms with Gasteiger partial charge in [0.2, 0.25) is 0 Å². The Morgan fingerprint density at radius 1 is 1.00 bits per heavy atom. The molecule has 7 rings (SSSR count). The first-order chi connectivity index (χ1) is 16.0. The van der Waals surface area contributed by atoms with Crippen LogP contribution in [0.4, 0.5) is 0 Å². The van der Waals surface area contributed by atoms with Crippen molar-refractivity contribution in [2.24, 2.45) is 35.3 Å². The quantitative estimate of drug-likeness (QED) is 0.538. The Hall–Kier alpha value is -1.50. The summed E-state index contributed by atoms with van der Waals surface area (Å²) in [5, 5.41) is 10.1. The number of hydrogen-bond acceptors (Lipinski definition) is 3. The molecule has 33 heavy (non-hydrogen) atoms. The summed E-state index contributed by atoms with van der Waals surface area (Å²) in [6.07, 6.45) is 15.9. The number of hydrogen-bond donors (Lipinski definition) is 2. The summed E-state index contributed by atoms with van der Waals surface area (Å²) >= 11 is 0. The molecule has 7 atom stereocenters. The van der Waals surface area contributed by atoms with E-state index in [0.29, 0.717) is 35.8 Å². The van der Waals surface area contributed by atoms with E-state index in [-0.39, 0.29) is 23.2 Å². The molecule has 0 aromatic heterocycles. The Kier molecular flexibility index (Phi) is 5.54. The minimum absolute atomic E-state index is 0.0852. The number of nitrogens with two attached hydrogens (primary N) is 1. The summed E-state index contributed by atoms with van der Waals surface area (Å²) in [5.74, 6) is 10.1. The summed E-state index contributed by atoms with van der Waals surface area (Å²) in [7, 11) is 0. The van der Waals surface area contributed by atoms with Crippen LogP contribution in [0.5, 0.6) is 5.75 Å². The van der Waals surface area contributed by atoms with Gasteiger partial charge in [0, 0.05) is 18.4 Å². The molecule has 0 radical (unpaired) electrons.